The van der Waals surface area contributed by atoms with Crippen LogP contribution < -0.4 is 5.46 Å². The van der Waals surface area contributed by atoms with E-state index in [9.17, 15) is 8.42 Å². The molecule has 0 aliphatic carbocycles. The molecular weight excluding hydrogens is 191 g/mol. The van der Waals surface area contributed by atoms with Gasteiger partial charge in [-0.3, -0.25) is 0 Å². The Morgan fingerprint density at radius 1 is 1.23 bits per heavy atom. The molecule has 1 aromatic carbocycles. The average Bonchev–Trinajstić information content (AvgIpc) is 1.86. The smallest absolute Gasteiger partial charge is 0.175 e. The summed E-state index contributed by atoms with van der Waals surface area (Å²) in [7, 11) is 2.29. The summed E-state index contributed by atoms with van der Waals surface area (Å²) in [5.74, 6) is 0. The average molecular weight is 202 g/mol. The maximum absolute atomic E-state index is 10.9. The molecule has 0 fully saturated rings. The molecule has 0 aliphatic heterocycles. The van der Waals surface area contributed by atoms with E-state index in [2.05, 4.69) is 0 Å². The van der Waals surface area contributed by atoms with Crippen molar-refractivity contribution in [1.82, 2.24) is 0 Å². The van der Waals surface area contributed by atoms with Crippen LogP contribution in [0.5, 0.6) is 0 Å². The highest BCUT2D eigenvalue weighted by atomic mass is 32.2. The molecule has 4 N–H and O–H groups in total. The third-order valence-electron chi connectivity index (χ3n) is 1.29. The van der Waals surface area contributed by atoms with Crippen LogP contribution in [0.25, 0.3) is 0 Å². The molecule has 0 aromatic heterocycles. The summed E-state index contributed by atoms with van der Waals surface area (Å²) >= 11 is 0. The molecule has 1 aromatic rings. The van der Waals surface area contributed by atoms with Crippen LogP contribution in [0.15, 0.2) is 29.2 Å². The molecule has 0 amide bonds. The fourth-order valence-corrected chi connectivity index (χ4v) is 1.42. The van der Waals surface area contributed by atoms with Crippen LogP contribution in [-0.2, 0) is 9.84 Å². The van der Waals surface area contributed by atoms with Gasteiger partial charge in [-0.25, -0.2) is 8.42 Å². The first kappa shape index (κ1) is 14.7. The molecule has 0 aliphatic rings. The van der Waals surface area contributed by atoms with Crippen molar-refractivity contribution in [3.8, 4) is 0 Å². The molecule has 0 bridgehead atoms. The second-order valence-electron chi connectivity index (χ2n) is 2.34. The maximum atomic E-state index is 10.9. The van der Waals surface area contributed by atoms with Crippen LogP contribution in [0.1, 0.15) is 0 Å². The lowest BCUT2D eigenvalue weighted by molar-refractivity contribution is 0.602. The number of hydrogen-bond acceptors (Lipinski definition) is 2. The summed E-state index contributed by atoms with van der Waals surface area (Å²) < 4.78 is 21.9. The topological polar surface area (TPSA) is 97.1 Å². The van der Waals surface area contributed by atoms with Gasteiger partial charge in [0.15, 0.2) is 9.84 Å². The molecule has 0 atom stereocenters. The molecular formula is C7H11BO4S. The van der Waals surface area contributed by atoms with Crippen LogP contribution in [0, 0.1) is 0 Å². The van der Waals surface area contributed by atoms with Gasteiger partial charge >= 0.3 is 0 Å². The van der Waals surface area contributed by atoms with Gasteiger partial charge in [0.25, 0.3) is 0 Å². The third-order valence-corrected chi connectivity index (χ3v) is 2.40. The van der Waals surface area contributed by atoms with E-state index in [1.54, 1.807) is 12.1 Å². The predicted molar refractivity (Wildman–Crippen MR) is 52.2 cm³/mol. The number of rotatable bonds is 1. The Bertz CT molecular complexity index is 361. The van der Waals surface area contributed by atoms with Crippen molar-refractivity contribution in [3.05, 3.63) is 24.3 Å². The van der Waals surface area contributed by atoms with Gasteiger partial charge in [0, 0.05) is 6.26 Å². The predicted octanol–water partition coefficient (Wildman–Crippen LogP) is -1.77. The molecule has 72 valence electrons. The zero-order valence-electron chi connectivity index (χ0n) is 7.11. The largest absolute Gasteiger partial charge is 0.412 e. The van der Waals surface area contributed by atoms with E-state index in [4.69, 9.17) is 7.85 Å². The molecule has 13 heavy (non-hydrogen) atoms. The fraction of sp³-hybridized carbons (Fsp3) is 0.143. The SMILES string of the molecule is O.O.[B]c1cccc(S(C)(=O)=O)c1. The summed E-state index contributed by atoms with van der Waals surface area (Å²) in [4.78, 5) is 0.262. The van der Waals surface area contributed by atoms with Gasteiger partial charge in [-0.15, -0.1) is 0 Å². The lowest BCUT2D eigenvalue weighted by Crippen LogP contribution is -2.05. The summed E-state index contributed by atoms with van der Waals surface area (Å²) in [6.07, 6.45) is 1.15. The van der Waals surface area contributed by atoms with Crippen LogP contribution in [0.4, 0.5) is 0 Å². The van der Waals surface area contributed by atoms with E-state index in [1.807, 2.05) is 0 Å². The highest BCUT2D eigenvalue weighted by Crippen LogP contribution is 2.04. The van der Waals surface area contributed by atoms with Crippen molar-refractivity contribution in [3.63, 3.8) is 0 Å². The zero-order valence-corrected chi connectivity index (χ0v) is 7.93. The van der Waals surface area contributed by atoms with Gasteiger partial charge in [-0.1, -0.05) is 23.7 Å². The van der Waals surface area contributed by atoms with E-state index in [0.717, 1.165) is 6.26 Å². The van der Waals surface area contributed by atoms with E-state index in [1.165, 1.54) is 12.1 Å². The monoisotopic (exact) mass is 202 g/mol. The molecule has 0 heterocycles. The van der Waals surface area contributed by atoms with E-state index in [0.29, 0.717) is 5.46 Å². The first-order valence-electron chi connectivity index (χ1n) is 3.06. The van der Waals surface area contributed by atoms with Crippen molar-refractivity contribution in [2.24, 2.45) is 0 Å². The Labute approximate surface area is 78.5 Å². The maximum Gasteiger partial charge on any atom is 0.175 e. The summed E-state index contributed by atoms with van der Waals surface area (Å²) in [5.41, 5.74) is 0.466. The number of hydrogen-bond donors (Lipinski definition) is 0. The Balaban J connectivity index is 0. The third kappa shape index (κ3) is 4.07. The van der Waals surface area contributed by atoms with Crippen molar-refractivity contribution in [1.29, 1.82) is 0 Å². The number of benzene rings is 1. The molecule has 0 saturated heterocycles. The normalized spacial score (nSPS) is 9.62. The van der Waals surface area contributed by atoms with Crippen LogP contribution in [-0.4, -0.2) is 33.5 Å². The van der Waals surface area contributed by atoms with Crippen LogP contribution in [0.3, 0.4) is 0 Å². The standard InChI is InChI=1S/C7H7BO2S.2H2O/c1-11(9,10)7-4-2-3-6(8)5-7;;/h2-5H,1H3;2*1H2. The highest BCUT2D eigenvalue weighted by Gasteiger charge is 2.04. The minimum absolute atomic E-state index is 0. The molecule has 0 spiro atoms. The molecule has 0 saturated carbocycles. The van der Waals surface area contributed by atoms with Gasteiger partial charge in [-0.05, 0) is 6.07 Å². The van der Waals surface area contributed by atoms with Crippen LogP contribution in [0.2, 0.25) is 0 Å². The summed E-state index contributed by atoms with van der Waals surface area (Å²) in [5, 5.41) is 0. The van der Waals surface area contributed by atoms with E-state index in [-0.39, 0.29) is 15.8 Å². The first-order chi connectivity index (χ1) is 5.00. The van der Waals surface area contributed by atoms with Crippen molar-refractivity contribution < 1.29 is 19.4 Å². The Kier molecular flexibility index (Phi) is 5.65. The summed E-state index contributed by atoms with van der Waals surface area (Å²) in [6, 6.07) is 6.22. The zero-order chi connectivity index (χ0) is 8.48. The molecule has 2 radical (unpaired) electrons. The molecule has 0 unspecified atom stereocenters. The van der Waals surface area contributed by atoms with Crippen LogP contribution >= 0.6 is 0 Å². The van der Waals surface area contributed by atoms with Gasteiger partial charge in [0.1, 0.15) is 7.85 Å². The molecule has 6 heteroatoms. The minimum Gasteiger partial charge on any atom is -0.412 e. The van der Waals surface area contributed by atoms with Gasteiger partial charge in [-0.2, -0.15) is 0 Å². The Morgan fingerprint density at radius 2 is 1.77 bits per heavy atom. The molecule has 1 rings (SSSR count). The second kappa shape index (κ2) is 5.01. The van der Waals surface area contributed by atoms with Crippen molar-refractivity contribution >= 4 is 23.1 Å². The van der Waals surface area contributed by atoms with Gasteiger partial charge in [0.05, 0.1) is 4.90 Å². The van der Waals surface area contributed by atoms with Crippen molar-refractivity contribution in [2.75, 3.05) is 6.26 Å². The Hall–Kier alpha value is -0.845. The molecule has 4 nitrogen and oxygen atoms in total. The first-order valence-corrected chi connectivity index (χ1v) is 4.95. The highest BCUT2D eigenvalue weighted by molar-refractivity contribution is 7.90. The lowest BCUT2D eigenvalue weighted by atomic mass is 9.97. The summed E-state index contributed by atoms with van der Waals surface area (Å²) in [6.45, 7) is 0. The van der Waals surface area contributed by atoms with E-state index >= 15 is 0 Å². The number of sulfone groups is 1. The van der Waals surface area contributed by atoms with Gasteiger partial charge in [0.2, 0.25) is 0 Å². The lowest BCUT2D eigenvalue weighted by Gasteiger charge is -1.97. The second-order valence-corrected chi connectivity index (χ2v) is 4.36. The fourth-order valence-electron chi connectivity index (χ4n) is 0.745. The Morgan fingerprint density at radius 3 is 2.08 bits per heavy atom. The van der Waals surface area contributed by atoms with E-state index < -0.39 is 9.84 Å². The quantitative estimate of drug-likeness (QED) is 0.503. The van der Waals surface area contributed by atoms with Crippen molar-refractivity contribution in [2.45, 2.75) is 4.90 Å². The van der Waals surface area contributed by atoms with Gasteiger partial charge < -0.3 is 11.0 Å². The minimum atomic E-state index is -3.11.